The lowest BCUT2D eigenvalue weighted by Gasteiger charge is -2.10. The van der Waals surface area contributed by atoms with Crippen LogP contribution < -0.4 is 11.1 Å². The summed E-state index contributed by atoms with van der Waals surface area (Å²) in [4.78, 5) is 11.9. The number of H-pyrrole nitrogens is 1. The molecule has 1 atom stereocenters. The van der Waals surface area contributed by atoms with Crippen LogP contribution in [0.15, 0.2) is 12.7 Å². The number of rotatable bonds is 6. The molecule has 1 heterocycles. The van der Waals surface area contributed by atoms with Gasteiger partial charge in [-0.1, -0.05) is 19.4 Å². The molecule has 0 radical (unpaired) electrons. The molecule has 94 valence electrons. The van der Waals surface area contributed by atoms with E-state index in [0.717, 1.165) is 25.0 Å². The van der Waals surface area contributed by atoms with Gasteiger partial charge < -0.3 is 11.1 Å². The monoisotopic (exact) mass is 236 g/mol. The van der Waals surface area contributed by atoms with Gasteiger partial charge in [0.2, 0.25) is 0 Å². The molecule has 0 aromatic carbocycles. The third kappa shape index (κ3) is 3.34. The van der Waals surface area contributed by atoms with Crippen molar-refractivity contribution < 1.29 is 4.79 Å². The van der Waals surface area contributed by atoms with Gasteiger partial charge in [-0.2, -0.15) is 5.10 Å². The quantitative estimate of drug-likeness (QED) is 0.656. The molecule has 0 aliphatic rings. The normalized spacial score (nSPS) is 12.1. The van der Waals surface area contributed by atoms with E-state index in [9.17, 15) is 4.79 Å². The van der Waals surface area contributed by atoms with Gasteiger partial charge >= 0.3 is 0 Å². The number of nitrogen functional groups attached to an aromatic ring is 1. The number of hydrogen-bond donors (Lipinski definition) is 3. The number of aromatic amines is 1. The van der Waals surface area contributed by atoms with Crippen molar-refractivity contribution >= 4 is 11.6 Å². The molecule has 5 heteroatoms. The predicted octanol–water partition coefficient (Wildman–Crippen LogP) is 1.64. The first-order valence-corrected chi connectivity index (χ1v) is 5.84. The molecule has 1 aromatic heterocycles. The van der Waals surface area contributed by atoms with E-state index >= 15 is 0 Å². The van der Waals surface area contributed by atoms with E-state index in [1.54, 1.807) is 6.08 Å². The number of carbonyl (C=O) groups excluding carboxylic acids is 1. The summed E-state index contributed by atoms with van der Waals surface area (Å²) in [7, 11) is 0. The van der Waals surface area contributed by atoms with Gasteiger partial charge in [-0.05, 0) is 19.8 Å². The van der Waals surface area contributed by atoms with Gasteiger partial charge in [0.1, 0.15) is 0 Å². The smallest absolute Gasteiger partial charge is 0.274 e. The third-order valence-electron chi connectivity index (χ3n) is 2.50. The van der Waals surface area contributed by atoms with Crippen LogP contribution in [0, 0.1) is 0 Å². The van der Waals surface area contributed by atoms with Crippen LogP contribution in [0.25, 0.3) is 0 Å². The van der Waals surface area contributed by atoms with Gasteiger partial charge in [0.05, 0.1) is 11.4 Å². The average molecular weight is 236 g/mol. The summed E-state index contributed by atoms with van der Waals surface area (Å²) in [6, 6.07) is 0.0331. The fourth-order valence-corrected chi connectivity index (χ4v) is 1.60. The number of carbonyl (C=O) groups is 1. The lowest BCUT2D eigenvalue weighted by molar-refractivity contribution is 0.0936. The summed E-state index contributed by atoms with van der Waals surface area (Å²) in [5, 5.41) is 9.59. The predicted molar refractivity (Wildman–Crippen MR) is 68.7 cm³/mol. The van der Waals surface area contributed by atoms with E-state index in [-0.39, 0.29) is 17.6 Å². The van der Waals surface area contributed by atoms with Crippen LogP contribution in [0.3, 0.4) is 0 Å². The number of anilines is 1. The summed E-state index contributed by atoms with van der Waals surface area (Å²) < 4.78 is 0. The minimum absolute atomic E-state index is 0.0331. The Morgan fingerprint density at radius 1 is 1.71 bits per heavy atom. The van der Waals surface area contributed by atoms with Crippen molar-refractivity contribution in [2.75, 3.05) is 5.73 Å². The highest BCUT2D eigenvalue weighted by Crippen LogP contribution is 2.15. The third-order valence-corrected chi connectivity index (χ3v) is 2.50. The number of nitrogens with two attached hydrogens (primary N) is 1. The van der Waals surface area contributed by atoms with Gasteiger partial charge in [0.15, 0.2) is 5.69 Å². The topological polar surface area (TPSA) is 83.8 Å². The molecule has 17 heavy (non-hydrogen) atoms. The van der Waals surface area contributed by atoms with Crippen molar-refractivity contribution in [2.45, 2.75) is 39.2 Å². The molecular formula is C12H20N4O. The highest BCUT2D eigenvalue weighted by molar-refractivity contribution is 5.97. The van der Waals surface area contributed by atoms with Gasteiger partial charge in [-0.3, -0.25) is 9.89 Å². The van der Waals surface area contributed by atoms with Crippen molar-refractivity contribution in [2.24, 2.45) is 0 Å². The standard InChI is InChI=1S/C12H20N4O/c1-4-6-8(3)14-12(17)11-10(13)9(7-5-2)15-16-11/h4,8H,1,5-7,13H2,2-3H3,(H,14,17)(H,15,16). The van der Waals surface area contributed by atoms with Gasteiger partial charge in [0.25, 0.3) is 5.91 Å². The average Bonchev–Trinajstić information content (AvgIpc) is 2.61. The maximum absolute atomic E-state index is 11.9. The Morgan fingerprint density at radius 2 is 2.41 bits per heavy atom. The van der Waals surface area contributed by atoms with Crippen LogP contribution in [-0.2, 0) is 6.42 Å². The Labute approximate surface area is 101 Å². The molecular weight excluding hydrogens is 216 g/mol. The number of aryl methyl sites for hydroxylation is 1. The van der Waals surface area contributed by atoms with Crippen LogP contribution in [-0.4, -0.2) is 22.1 Å². The van der Waals surface area contributed by atoms with E-state index in [2.05, 4.69) is 22.1 Å². The van der Waals surface area contributed by atoms with Crippen LogP contribution in [0.2, 0.25) is 0 Å². The van der Waals surface area contributed by atoms with Gasteiger partial charge in [-0.15, -0.1) is 6.58 Å². The fourth-order valence-electron chi connectivity index (χ4n) is 1.60. The second-order valence-electron chi connectivity index (χ2n) is 4.11. The Morgan fingerprint density at radius 3 is 3.00 bits per heavy atom. The first-order chi connectivity index (χ1) is 8.10. The van der Waals surface area contributed by atoms with Crippen molar-refractivity contribution in [1.82, 2.24) is 15.5 Å². The summed E-state index contributed by atoms with van der Waals surface area (Å²) >= 11 is 0. The Kier molecular flexibility index (Phi) is 4.75. The van der Waals surface area contributed by atoms with Crippen molar-refractivity contribution in [3.8, 4) is 0 Å². The first kappa shape index (κ1) is 13.3. The molecule has 0 spiro atoms. The SMILES string of the molecule is C=CCC(C)NC(=O)c1n[nH]c(CCC)c1N. The molecule has 1 amide bonds. The molecule has 1 unspecified atom stereocenters. The largest absolute Gasteiger partial charge is 0.395 e. The Balaban J connectivity index is 2.72. The molecule has 1 aromatic rings. The molecule has 0 bridgehead atoms. The fraction of sp³-hybridized carbons (Fsp3) is 0.500. The lowest BCUT2D eigenvalue weighted by atomic mass is 10.2. The minimum atomic E-state index is -0.240. The molecule has 4 N–H and O–H groups in total. The molecule has 0 saturated heterocycles. The van der Waals surface area contributed by atoms with Crippen LogP contribution >= 0.6 is 0 Å². The molecule has 1 rings (SSSR count). The van der Waals surface area contributed by atoms with E-state index in [0.29, 0.717) is 5.69 Å². The van der Waals surface area contributed by atoms with Crippen molar-refractivity contribution in [1.29, 1.82) is 0 Å². The molecule has 0 aliphatic carbocycles. The van der Waals surface area contributed by atoms with E-state index in [1.165, 1.54) is 0 Å². The van der Waals surface area contributed by atoms with Crippen LogP contribution in [0.1, 0.15) is 42.9 Å². The lowest BCUT2D eigenvalue weighted by Crippen LogP contribution is -2.32. The zero-order valence-corrected chi connectivity index (χ0v) is 10.4. The zero-order valence-electron chi connectivity index (χ0n) is 10.4. The molecule has 5 nitrogen and oxygen atoms in total. The van der Waals surface area contributed by atoms with E-state index in [1.807, 2.05) is 13.8 Å². The van der Waals surface area contributed by atoms with E-state index < -0.39 is 0 Å². The highest BCUT2D eigenvalue weighted by atomic mass is 16.2. The number of hydrogen-bond acceptors (Lipinski definition) is 3. The van der Waals surface area contributed by atoms with Crippen molar-refractivity contribution in [3.05, 3.63) is 24.0 Å². The Hall–Kier alpha value is -1.78. The van der Waals surface area contributed by atoms with Gasteiger partial charge in [-0.25, -0.2) is 0 Å². The maximum Gasteiger partial charge on any atom is 0.274 e. The van der Waals surface area contributed by atoms with Crippen LogP contribution in [0.4, 0.5) is 5.69 Å². The maximum atomic E-state index is 11.9. The first-order valence-electron chi connectivity index (χ1n) is 5.84. The molecule has 0 saturated carbocycles. The second-order valence-corrected chi connectivity index (χ2v) is 4.11. The second kappa shape index (κ2) is 6.08. The number of aromatic nitrogens is 2. The number of nitrogens with zero attached hydrogens (tertiary/aromatic N) is 1. The van der Waals surface area contributed by atoms with E-state index in [4.69, 9.17) is 5.73 Å². The Bertz CT molecular complexity index is 397. The highest BCUT2D eigenvalue weighted by Gasteiger charge is 2.17. The van der Waals surface area contributed by atoms with Gasteiger partial charge in [0, 0.05) is 6.04 Å². The summed E-state index contributed by atoms with van der Waals surface area (Å²) in [6.45, 7) is 7.59. The van der Waals surface area contributed by atoms with Crippen LogP contribution in [0.5, 0.6) is 0 Å². The number of amides is 1. The molecule has 0 fully saturated rings. The summed E-state index contributed by atoms with van der Waals surface area (Å²) in [5.74, 6) is -0.240. The van der Waals surface area contributed by atoms with Crippen molar-refractivity contribution in [3.63, 3.8) is 0 Å². The molecule has 0 aliphatic heterocycles. The number of nitrogens with one attached hydrogen (secondary N) is 2. The zero-order chi connectivity index (χ0) is 12.8. The minimum Gasteiger partial charge on any atom is -0.395 e. The summed E-state index contributed by atoms with van der Waals surface area (Å²) in [5.41, 5.74) is 7.43. The summed E-state index contributed by atoms with van der Waals surface area (Å²) in [6.07, 6.45) is 4.24.